The van der Waals surface area contributed by atoms with Crippen LogP contribution in [0, 0.1) is 0 Å². The largest absolute Gasteiger partial charge is 0.248 e. The first-order valence-electron chi connectivity index (χ1n) is 14.8. The van der Waals surface area contributed by atoms with Crippen LogP contribution in [0.15, 0.2) is 152 Å². The molecule has 0 saturated heterocycles. The summed E-state index contributed by atoms with van der Waals surface area (Å²) in [5, 5.41) is 5.31. The lowest BCUT2D eigenvalue weighted by Crippen LogP contribution is -1.89. The van der Waals surface area contributed by atoms with Crippen molar-refractivity contribution in [2.45, 2.75) is 0 Å². The molecule has 0 aliphatic carbocycles. The second-order valence-corrected chi connectivity index (χ2v) is 13.4. The minimum atomic E-state index is 0.976. The first-order valence-corrected chi connectivity index (χ1v) is 16.4. The van der Waals surface area contributed by atoms with Gasteiger partial charge in [-0.2, -0.15) is 0 Å². The molecule has 6 aromatic carbocycles. The highest BCUT2D eigenvalue weighted by atomic mass is 32.1. The third-order valence-corrected chi connectivity index (χ3v) is 10.8. The number of nitrogens with zero attached hydrogens (tertiary/aromatic N) is 1. The molecule has 0 saturated carbocycles. The zero-order valence-corrected chi connectivity index (χ0v) is 25.3. The molecular formula is C41H25NS2. The van der Waals surface area contributed by atoms with Gasteiger partial charge in [0.15, 0.2) is 0 Å². The molecule has 1 nitrogen and oxygen atoms in total. The summed E-state index contributed by atoms with van der Waals surface area (Å²) >= 11 is 3.72. The van der Waals surface area contributed by atoms with Gasteiger partial charge in [0.1, 0.15) is 0 Å². The highest BCUT2D eigenvalue weighted by molar-refractivity contribution is 7.26. The van der Waals surface area contributed by atoms with Gasteiger partial charge >= 0.3 is 0 Å². The summed E-state index contributed by atoms with van der Waals surface area (Å²) in [5.74, 6) is 0. The predicted molar refractivity (Wildman–Crippen MR) is 192 cm³/mol. The molecule has 3 heteroatoms. The van der Waals surface area contributed by atoms with E-state index in [-0.39, 0.29) is 0 Å². The molecular weight excluding hydrogens is 571 g/mol. The Hall–Kier alpha value is -5.09. The van der Waals surface area contributed by atoms with Gasteiger partial charge in [-0.05, 0) is 70.8 Å². The maximum absolute atomic E-state index is 5.14. The van der Waals surface area contributed by atoms with Gasteiger partial charge in [0, 0.05) is 51.5 Å². The minimum Gasteiger partial charge on any atom is -0.248 e. The molecule has 0 atom stereocenters. The monoisotopic (exact) mass is 595 g/mol. The van der Waals surface area contributed by atoms with Crippen LogP contribution in [-0.4, -0.2) is 4.98 Å². The van der Waals surface area contributed by atoms with Gasteiger partial charge in [-0.15, -0.1) is 22.7 Å². The summed E-state index contributed by atoms with van der Waals surface area (Å²) in [7, 11) is 0. The third-order valence-electron chi connectivity index (χ3n) is 8.49. The average Bonchev–Trinajstić information content (AvgIpc) is 3.66. The zero-order chi connectivity index (χ0) is 29.0. The molecule has 0 aliphatic rings. The fourth-order valence-electron chi connectivity index (χ4n) is 6.28. The molecule has 9 rings (SSSR count). The Morgan fingerprint density at radius 3 is 1.23 bits per heavy atom. The summed E-state index contributed by atoms with van der Waals surface area (Å²) in [6, 6.07) is 54.8. The van der Waals surface area contributed by atoms with Crippen molar-refractivity contribution in [2.75, 3.05) is 0 Å². The van der Waals surface area contributed by atoms with Gasteiger partial charge in [0.05, 0.1) is 11.4 Å². The molecule has 3 heterocycles. The number of thiophene rings is 2. The fourth-order valence-corrected chi connectivity index (χ4v) is 8.57. The van der Waals surface area contributed by atoms with E-state index in [2.05, 4.69) is 152 Å². The van der Waals surface area contributed by atoms with E-state index in [0.717, 1.165) is 22.5 Å². The number of rotatable bonds is 4. The second-order valence-electron chi connectivity index (χ2n) is 11.2. The van der Waals surface area contributed by atoms with E-state index in [1.54, 1.807) is 0 Å². The molecule has 0 spiro atoms. The Labute approximate surface area is 263 Å². The first-order chi connectivity index (χ1) is 21.8. The number of pyridine rings is 1. The molecule has 0 aliphatic heterocycles. The van der Waals surface area contributed by atoms with Crippen molar-refractivity contribution in [3.05, 3.63) is 152 Å². The molecule has 0 unspecified atom stereocenters. The van der Waals surface area contributed by atoms with Crippen LogP contribution in [0.2, 0.25) is 0 Å². The van der Waals surface area contributed by atoms with Crippen molar-refractivity contribution >= 4 is 63.0 Å². The van der Waals surface area contributed by atoms with Crippen LogP contribution in [-0.2, 0) is 0 Å². The van der Waals surface area contributed by atoms with E-state index in [0.29, 0.717) is 0 Å². The van der Waals surface area contributed by atoms with E-state index in [1.165, 1.54) is 62.6 Å². The minimum absolute atomic E-state index is 0.976. The van der Waals surface area contributed by atoms with Gasteiger partial charge in [0.2, 0.25) is 0 Å². The number of hydrogen-bond acceptors (Lipinski definition) is 3. The van der Waals surface area contributed by atoms with E-state index in [1.807, 2.05) is 22.7 Å². The Balaban J connectivity index is 1.05. The van der Waals surface area contributed by atoms with Gasteiger partial charge in [-0.25, -0.2) is 4.98 Å². The molecule has 0 fully saturated rings. The van der Waals surface area contributed by atoms with Crippen molar-refractivity contribution in [2.24, 2.45) is 0 Å². The van der Waals surface area contributed by atoms with Crippen LogP contribution in [0.25, 0.3) is 85.1 Å². The van der Waals surface area contributed by atoms with Crippen molar-refractivity contribution in [3.8, 4) is 44.8 Å². The normalized spacial score (nSPS) is 11.6. The molecule has 0 bridgehead atoms. The Bertz CT molecular complexity index is 2340. The second kappa shape index (κ2) is 10.3. The van der Waals surface area contributed by atoms with Gasteiger partial charge in [-0.3, -0.25) is 0 Å². The molecule has 3 aromatic heterocycles. The van der Waals surface area contributed by atoms with Crippen LogP contribution in [0.1, 0.15) is 0 Å². The number of hydrogen-bond donors (Lipinski definition) is 0. The van der Waals surface area contributed by atoms with Gasteiger partial charge < -0.3 is 0 Å². The SMILES string of the molecule is c1cc(-c2ccc3c(c2)sc2ccccc23)cc(-c2cccc(-c3cccc(-c4ccc5c(c4)sc4ccccc45)c3)n2)c1. The number of fused-ring (bicyclic) bond motifs is 6. The first kappa shape index (κ1) is 25.4. The van der Waals surface area contributed by atoms with E-state index in [9.17, 15) is 0 Å². The van der Waals surface area contributed by atoms with Crippen LogP contribution < -0.4 is 0 Å². The zero-order valence-electron chi connectivity index (χ0n) is 23.7. The Kier molecular flexibility index (Phi) is 5.93. The van der Waals surface area contributed by atoms with Crippen LogP contribution in [0.5, 0.6) is 0 Å². The Morgan fingerprint density at radius 2 is 0.705 bits per heavy atom. The molecule has 0 radical (unpaired) electrons. The maximum Gasteiger partial charge on any atom is 0.0709 e. The summed E-state index contributed by atoms with van der Waals surface area (Å²) < 4.78 is 5.31. The average molecular weight is 596 g/mol. The van der Waals surface area contributed by atoms with Crippen molar-refractivity contribution in [3.63, 3.8) is 0 Å². The fraction of sp³-hybridized carbons (Fsp3) is 0. The maximum atomic E-state index is 5.14. The number of aromatic nitrogens is 1. The predicted octanol–water partition coefficient (Wildman–Crippen LogP) is 12.5. The van der Waals surface area contributed by atoms with Gasteiger partial charge in [-0.1, -0.05) is 103 Å². The summed E-state index contributed by atoms with van der Waals surface area (Å²) in [6.07, 6.45) is 0. The lowest BCUT2D eigenvalue weighted by atomic mass is 9.99. The van der Waals surface area contributed by atoms with Gasteiger partial charge in [0.25, 0.3) is 0 Å². The number of benzene rings is 6. The molecule has 206 valence electrons. The quantitative estimate of drug-likeness (QED) is 0.197. The lowest BCUT2D eigenvalue weighted by molar-refractivity contribution is 1.32. The van der Waals surface area contributed by atoms with Crippen LogP contribution >= 0.6 is 22.7 Å². The third kappa shape index (κ3) is 4.32. The van der Waals surface area contributed by atoms with E-state index >= 15 is 0 Å². The van der Waals surface area contributed by atoms with Crippen molar-refractivity contribution in [1.29, 1.82) is 0 Å². The van der Waals surface area contributed by atoms with E-state index in [4.69, 9.17) is 4.98 Å². The summed E-state index contributed by atoms with van der Waals surface area (Å²) in [6.45, 7) is 0. The summed E-state index contributed by atoms with van der Waals surface area (Å²) in [4.78, 5) is 5.14. The van der Waals surface area contributed by atoms with Crippen LogP contribution in [0.4, 0.5) is 0 Å². The van der Waals surface area contributed by atoms with Crippen molar-refractivity contribution < 1.29 is 0 Å². The standard InChI is InChI=1S/C41H25NS2/c1-3-16-38-32(12-1)34-20-18-28(24-40(34)43-38)26-8-5-10-30(22-26)36-14-7-15-37(42-36)31-11-6-9-27(23-31)29-19-21-35-33-13-2-4-17-39(33)44-41(35)25-29/h1-25H. The molecule has 44 heavy (non-hydrogen) atoms. The molecule has 0 amide bonds. The van der Waals surface area contributed by atoms with Crippen molar-refractivity contribution in [1.82, 2.24) is 4.98 Å². The van der Waals surface area contributed by atoms with E-state index < -0.39 is 0 Å². The smallest absolute Gasteiger partial charge is 0.0709 e. The highest BCUT2D eigenvalue weighted by Crippen LogP contribution is 2.38. The Morgan fingerprint density at radius 1 is 0.295 bits per heavy atom. The lowest BCUT2D eigenvalue weighted by Gasteiger charge is -2.09. The molecule has 0 N–H and O–H groups in total. The van der Waals surface area contributed by atoms with Crippen LogP contribution in [0.3, 0.4) is 0 Å². The highest BCUT2D eigenvalue weighted by Gasteiger charge is 2.11. The topological polar surface area (TPSA) is 12.9 Å². The summed E-state index contributed by atoms with van der Waals surface area (Å²) in [5.41, 5.74) is 9.05. The molecule has 9 aromatic rings.